The minimum atomic E-state index is -0.139. The monoisotopic (exact) mass is 288 g/mol. The number of halogens is 1. The van der Waals surface area contributed by atoms with Crippen molar-refractivity contribution in [2.75, 3.05) is 19.6 Å². The van der Waals surface area contributed by atoms with Crippen molar-refractivity contribution in [3.05, 3.63) is 53.4 Å². The molecule has 1 atom stereocenters. The molecular weight excluding hydrogens is 267 g/mol. The smallest absolute Gasteiger partial charge is 0.127 e. The van der Waals surface area contributed by atoms with E-state index >= 15 is 0 Å². The standard InChI is InChI=1S/C16H21FN4/c1-12-9-13(3-4-14(12)17)11-21-8-5-18-10-15(21)16-19-6-7-20(16)2/h3-4,6-7,9,15,18H,5,8,10-11H2,1-2H3. The van der Waals surface area contributed by atoms with Gasteiger partial charge in [0.1, 0.15) is 11.6 Å². The zero-order valence-corrected chi connectivity index (χ0v) is 12.5. The van der Waals surface area contributed by atoms with E-state index in [1.54, 1.807) is 6.07 Å². The van der Waals surface area contributed by atoms with Gasteiger partial charge in [0.15, 0.2) is 0 Å². The number of piperazine rings is 1. The number of aromatic nitrogens is 2. The third-order valence-corrected chi connectivity index (χ3v) is 4.12. The molecule has 1 N–H and O–H groups in total. The van der Waals surface area contributed by atoms with E-state index in [9.17, 15) is 4.39 Å². The van der Waals surface area contributed by atoms with Gasteiger partial charge in [0.05, 0.1) is 6.04 Å². The molecular formula is C16H21FN4. The van der Waals surface area contributed by atoms with Crippen molar-refractivity contribution in [1.82, 2.24) is 19.8 Å². The van der Waals surface area contributed by atoms with Crippen LogP contribution >= 0.6 is 0 Å². The fraction of sp³-hybridized carbons (Fsp3) is 0.438. The van der Waals surface area contributed by atoms with Crippen LogP contribution in [0.15, 0.2) is 30.6 Å². The number of aryl methyl sites for hydroxylation is 2. The van der Waals surface area contributed by atoms with Gasteiger partial charge < -0.3 is 9.88 Å². The molecule has 1 aromatic heterocycles. The van der Waals surface area contributed by atoms with Crippen LogP contribution in [0, 0.1) is 12.7 Å². The van der Waals surface area contributed by atoms with Crippen molar-refractivity contribution < 1.29 is 4.39 Å². The van der Waals surface area contributed by atoms with Gasteiger partial charge in [-0.05, 0) is 24.1 Å². The molecule has 1 saturated heterocycles. The van der Waals surface area contributed by atoms with Crippen LogP contribution in [0.25, 0.3) is 0 Å². The number of hydrogen-bond acceptors (Lipinski definition) is 3. The molecule has 0 bridgehead atoms. The first-order valence-electron chi connectivity index (χ1n) is 7.32. The van der Waals surface area contributed by atoms with Crippen LogP contribution in [-0.4, -0.2) is 34.1 Å². The lowest BCUT2D eigenvalue weighted by atomic mass is 10.1. The average molecular weight is 288 g/mol. The summed E-state index contributed by atoms with van der Waals surface area (Å²) in [6.07, 6.45) is 3.81. The van der Waals surface area contributed by atoms with Gasteiger partial charge in [0.2, 0.25) is 0 Å². The average Bonchev–Trinajstić information content (AvgIpc) is 2.90. The van der Waals surface area contributed by atoms with Crippen molar-refractivity contribution in [1.29, 1.82) is 0 Å². The number of benzene rings is 1. The number of nitrogens with one attached hydrogen (secondary N) is 1. The van der Waals surface area contributed by atoms with Crippen molar-refractivity contribution in [3.63, 3.8) is 0 Å². The Morgan fingerprint density at radius 2 is 2.29 bits per heavy atom. The number of hydrogen-bond donors (Lipinski definition) is 1. The zero-order chi connectivity index (χ0) is 14.8. The van der Waals surface area contributed by atoms with Gasteiger partial charge in [-0.3, -0.25) is 4.90 Å². The number of imidazole rings is 1. The van der Waals surface area contributed by atoms with Crippen molar-refractivity contribution in [3.8, 4) is 0 Å². The highest BCUT2D eigenvalue weighted by atomic mass is 19.1. The summed E-state index contributed by atoms with van der Waals surface area (Å²) < 4.78 is 15.5. The Morgan fingerprint density at radius 3 is 3.00 bits per heavy atom. The summed E-state index contributed by atoms with van der Waals surface area (Å²) >= 11 is 0. The van der Waals surface area contributed by atoms with Gasteiger partial charge in [-0.1, -0.05) is 12.1 Å². The van der Waals surface area contributed by atoms with Gasteiger partial charge in [0.25, 0.3) is 0 Å². The molecule has 2 aromatic rings. The van der Waals surface area contributed by atoms with E-state index in [-0.39, 0.29) is 11.9 Å². The third-order valence-electron chi connectivity index (χ3n) is 4.12. The highest BCUT2D eigenvalue weighted by Gasteiger charge is 2.26. The molecule has 2 heterocycles. The lowest BCUT2D eigenvalue weighted by molar-refractivity contribution is 0.144. The van der Waals surface area contributed by atoms with E-state index in [1.165, 1.54) is 0 Å². The summed E-state index contributed by atoms with van der Waals surface area (Å²) in [6, 6.07) is 5.62. The highest BCUT2D eigenvalue weighted by molar-refractivity contribution is 5.24. The Labute approximate surface area is 124 Å². The normalized spacial score (nSPS) is 19.9. The molecule has 1 aliphatic heterocycles. The van der Waals surface area contributed by atoms with Crippen LogP contribution < -0.4 is 5.32 Å². The lowest BCUT2D eigenvalue weighted by Gasteiger charge is -2.35. The van der Waals surface area contributed by atoms with E-state index in [1.807, 2.05) is 38.5 Å². The predicted molar refractivity (Wildman–Crippen MR) is 80.4 cm³/mol. The van der Waals surface area contributed by atoms with E-state index in [0.717, 1.165) is 37.6 Å². The molecule has 112 valence electrons. The first-order chi connectivity index (χ1) is 10.1. The quantitative estimate of drug-likeness (QED) is 0.938. The SMILES string of the molecule is Cc1cc(CN2CCNCC2c2nccn2C)ccc1F. The summed E-state index contributed by atoms with van der Waals surface area (Å²) in [5.41, 5.74) is 1.85. The molecule has 4 nitrogen and oxygen atoms in total. The molecule has 3 rings (SSSR count). The summed E-state index contributed by atoms with van der Waals surface area (Å²) in [7, 11) is 2.02. The number of nitrogens with zero attached hydrogens (tertiary/aromatic N) is 3. The van der Waals surface area contributed by atoms with E-state index in [2.05, 4.69) is 19.8 Å². The first-order valence-corrected chi connectivity index (χ1v) is 7.32. The van der Waals surface area contributed by atoms with Crippen LogP contribution in [0.2, 0.25) is 0 Å². The highest BCUT2D eigenvalue weighted by Crippen LogP contribution is 2.23. The van der Waals surface area contributed by atoms with E-state index in [4.69, 9.17) is 0 Å². The Bertz CT molecular complexity index is 622. The van der Waals surface area contributed by atoms with Gasteiger partial charge in [-0.25, -0.2) is 9.37 Å². The fourth-order valence-corrected chi connectivity index (χ4v) is 2.93. The zero-order valence-electron chi connectivity index (χ0n) is 12.5. The van der Waals surface area contributed by atoms with Crippen molar-refractivity contribution >= 4 is 0 Å². The summed E-state index contributed by atoms with van der Waals surface area (Å²) in [5, 5.41) is 3.43. The van der Waals surface area contributed by atoms with Crippen LogP contribution in [0.3, 0.4) is 0 Å². The second-order valence-corrected chi connectivity index (χ2v) is 5.67. The second kappa shape index (κ2) is 5.95. The molecule has 0 amide bonds. The molecule has 21 heavy (non-hydrogen) atoms. The summed E-state index contributed by atoms with van der Waals surface area (Å²) in [6.45, 7) is 5.47. The van der Waals surface area contributed by atoms with Crippen molar-refractivity contribution in [2.24, 2.45) is 7.05 Å². The molecule has 1 aliphatic rings. The maximum atomic E-state index is 13.4. The molecule has 0 radical (unpaired) electrons. The van der Waals surface area contributed by atoms with Gasteiger partial charge in [-0.2, -0.15) is 0 Å². The van der Waals surface area contributed by atoms with Crippen LogP contribution in [0.1, 0.15) is 23.0 Å². The molecule has 1 unspecified atom stereocenters. The molecule has 1 fully saturated rings. The molecule has 0 saturated carbocycles. The third kappa shape index (κ3) is 2.99. The van der Waals surface area contributed by atoms with Gasteiger partial charge in [-0.15, -0.1) is 0 Å². The lowest BCUT2D eigenvalue weighted by Crippen LogP contribution is -2.46. The van der Waals surface area contributed by atoms with E-state index < -0.39 is 0 Å². The van der Waals surface area contributed by atoms with Crippen LogP contribution in [-0.2, 0) is 13.6 Å². The summed E-state index contributed by atoms with van der Waals surface area (Å²) in [5.74, 6) is 0.931. The Hall–Kier alpha value is -1.72. The Balaban J connectivity index is 1.81. The predicted octanol–water partition coefficient (Wildman–Crippen LogP) is 2.01. The first kappa shape index (κ1) is 14.2. The largest absolute Gasteiger partial charge is 0.337 e. The molecule has 0 aliphatic carbocycles. The van der Waals surface area contributed by atoms with Crippen LogP contribution in [0.5, 0.6) is 0 Å². The molecule has 0 spiro atoms. The van der Waals surface area contributed by atoms with Crippen LogP contribution in [0.4, 0.5) is 4.39 Å². The van der Waals surface area contributed by atoms with E-state index in [0.29, 0.717) is 5.56 Å². The van der Waals surface area contributed by atoms with Gasteiger partial charge in [0, 0.05) is 45.6 Å². The molecule has 5 heteroatoms. The van der Waals surface area contributed by atoms with Crippen molar-refractivity contribution in [2.45, 2.75) is 19.5 Å². The van der Waals surface area contributed by atoms with Gasteiger partial charge >= 0.3 is 0 Å². The number of rotatable bonds is 3. The second-order valence-electron chi connectivity index (χ2n) is 5.67. The minimum absolute atomic E-state index is 0.139. The fourth-order valence-electron chi connectivity index (χ4n) is 2.93. The Morgan fingerprint density at radius 1 is 1.43 bits per heavy atom. The molecule has 1 aromatic carbocycles. The maximum Gasteiger partial charge on any atom is 0.127 e. The maximum absolute atomic E-state index is 13.4. The topological polar surface area (TPSA) is 33.1 Å². The Kier molecular flexibility index (Phi) is 4.03. The minimum Gasteiger partial charge on any atom is -0.337 e. The summed E-state index contributed by atoms with van der Waals surface area (Å²) in [4.78, 5) is 6.89.